The molecule has 0 amide bonds. The van der Waals surface area contributed by atoms with Crippen LogP contribution in [0.4, 0.5) is 5.69 Å². The van der Waals surface area contributed by atoms with E-state index in [4.69, 9.17) is 11.6 Å². The molecule has 0 unspecified atom stereocenters. The van der Waals surface area contributed by atoms with Crippen LogP contribution in [-0.2, 0) is 0 Å². The quantitative estimate of drug-likeness (QED) is 0.834. The van der Waals surface area contributed by atoms with E-state index in [1.807, 2.05) is 12.1 Å². The average molecular weight is 310 g/mol. The van der Waals surface area contributed by atoms with Crippen molar-refractivity contribution in [3.8, 4) is 0 Å². The fraction of sp³-hybridized carbons (Fsp3) is 0.647. The van der Waals surface area contributed by atoms with Crippen molar-refractivity contribution < 1.29 is 0 Å². The van der Waals surface area contributed by atoms with Crippen molar-refractivity contribution in [2.24, 2.45) is 0 Å². The standard InChI is InChI=1S/C17H28ClN3/c1-3-16(4-2)19-8-9-20-10-12-21(13-11-20)17-7-5-6-15(18)14-17/h5-7,14,16,19H,3-4,8-13H2,1-2H3. The van der Waals surface area contributed by atoms with Gasteiger partial charge in [-0.25, -0.2) is 0 Å². The first-order valence-electron chi connectivity index (χ1n) is 8.19. The highest BCUT2D eigenvalue weighted by atomic mass is 35.5. The Balaban J connectivity index is 1.71. The van der Waals surface area contributed by atoms with E-state index in [2.05, 4.69) is 41.1 Å². The second kappa shape index (κ2) is 8.62. The first kappa shape index (κ1) is 16.6. The smallest absolute Gasteiger partial charge is 0.0426 e. The van der Waals surface area contributed by atoms with Crippen LogP contribution in [0.2, 0.25) is 5.02 Å². The number of nitrogens with zero attached hydrogens (tertiary/aromatic N) is 2. The predicted molar refractivity (Wildman–Crippen MR) is 92.5 cm³/mol. The highest BCUT2D eigenvalue weighted by molar-refractivity contribution is 6.30. The summed E-state index contributed by atoms with van der Waals surface area (Å²) < 4.78 is 0. The van der Waals surface area contributed by atoms with Crippen molar-refractivity contribution in [3.63, 3.8) is 0 Å². The summed E-state index contributed by atoms with van der Waals surface area (Å²) in [6.45, 7) is 11.2. The van der Waals surface area contributed by atoms with Crippen LogP contribution < -0.4 is 10.2 Å². The molecule has 1 aliphatic heterocycles. The number of hydrogen-bond donors (Lipinski definition) is 1. The summed E-state index contributed by atoms with van der Waals surface area (Å²) in [5.41, 5.74) is 1.25. The molecule has 1 saturated heterocycles. The van der Waals surface area contributed by atoms with E-state index >= 15 is 0 Å². The molecule has 1 fully saturated rings. The number of nitrogens with one attached hydrogen (secondary N) is 1. The Morgan fingerprint density at radius 2 is 1.86 bits per heavy atom. The van der Waals surface area contributed by atoms with Gasteiger partial charge in [0.05, 0.1) is 0 Å². The van der Waals surface area contributed by atoms with Crippen LogP contribution in [0.1, 0.15) is 26.7 Å². The lowest BCUT2D eigenvalue weighted by Gasteiger charge is -2.36. The van der Waals surface area contributed by atoms with Gasteiger partial charge in [0.1, 0.15) is 0 Å². The third kappa shape index (κ3) is 5.17. The monoisotopic (exact) mass is 309 g/mol. The summed E-state index contributed by atoms with van der Waals surface area (Å²) in [6, 6.07) is 8.86. The molecule has 0 aromatic heterocycles. The minimum atomic E-state index is 0.678. The van der Waals surface area contributed by atoms with E-state index in [-0.39, 0.29) is 0 Å². The number of piperazine rings is 1. The molecule has 2 rings (SSSR count). The van der Waals surface area contributed by atoms with Crippen LogP contribution in [0.15, 0.2) is 24.3 Å². The van der Waals surface area contributed by atoms with E-state index < -0.39 is 0 Å². The minimum Gasteiger partial charge on any atom is -0.369 e. The van der Waals surface area contributed by atoms with Crippen molar-refractivity contribution in [2.75, 3.05) is 44.2 Å². The molecule has 1 N–H and O–H groups in total. The SMILES string of the molecule is CCC(CC)NCCN1CCN(c2cccc(Cl)c2)CC1. The molecule has 0 aliphatic carbocycles. The predicted octanol–water partition coefficient (Wildman–Crippen LogP) is 3.24. The second-order valence-electron chi connectivity index (χ2n) is 5.78. The molecule has 1 aromatic carbocycles. The van der Waals surface area contributed by atoms with E-state index in [0.717, 1.165) is 44.3 Å². The van der Waals surface area contributed by atoms with Gasteiger partial charge in [-0.1, -0.05) is 31.5 Å². The van der Waals surface area contributed by atoms with Gasteiger partial charge in [0.2, 0.25) is 0 Å². The van der Waals surface area contributed by atoms with Crippen LogP contribution in [0, 0.1) is 0 Å². The highest BCUT2D eigenvalue weighted by Gasteiger charge is 2.17. The van der Waals surface area contributed by atoms with Crippen LogP contribution in [-0.4, -0.2) is 50.2 Å². The summed E-state index contributed by atoms with van der Waals surface area (Å²) in [4.78, 5) is 4.98. The first-order chi connectivity index (χ1) is 10.2. The van der Waals surface area contributed by atoms with Gasteiger partial charge in [0.25, 0.3) is 0 Å². The van der Waals surface area contributed by atoms with Crippen molar-refractivity contribution in [2.45, 2.75) is 32.7 Å². The molecule has 1 aliphatic rings. The molecule has 4 heteroatoms. The van der Waals surface area contributed by atoms with Crippen LogP contribution >= 0.6 is 11.6 Å². The Hall–Kier alpha value is -0.770. The Morgan fingerprint density at radius 1 is 1.14 bits per heavy atom. The molecule has 118 valence electrons. The van der Waals surface area contributed by atoms with Gasteiger partial charge in [0, 0.05) is 56.0 Å². The van der Waals surface area contributed by atoms with Crippen LogP contribution in [0.25, 0.3) is 0 Å². The Bertz CT molecular complexity index is 412. The molecular weight excluding hydrogens is 282 g/mol. The Morgan fingerprint density at radius 3 is 2.48 bits per heavy atom. The van der Waals surface area contributed by atoms with Crippen LogP contribution in [0.5, 0.6) is 0 Å². The van der Waals surface area contributed by atoms with Crippen LogP contribution in [0.3, 0.4) is 0 Å². The summed E-state index contributed by atoms with van der Waals surface area (Å²) in [5, 5.41) is 4.47. The molecular formula is C17H28ClN3. The fourth-order valence-corrected chi connectivity index (χ4v) is 3.09. The molecule has 0 radical (unpaired) electrons. The zero-order chi connectivity index (χ0) is 15.1. The maximum Gasteiger partial charge on any atom is 0.0426 e. The normalized spacial score (nSPS) is 16.7. The Labute approximate surface area is 134 Å². The number of benzene rings is 1. The Kier molecular flexibility index (Phi) is 6.81. The molecule has 0 spiro atoms. The van der Waals surface area contributed by atoms with E-state index in [0.29, 0.717) is 6.04 Å². The summed E-state index contributed by atoms with van der Waals surface area (Å²) >= 11 is 6.07. The van der Waals surface area contributed by atoms with Crippen molar-refractivity contribution in [3.05, 3.63) is 29.3 Å². The number of halogens is 1. The molecule has 0 atom stereocenters. The lowest BCUT2D eigenvalue weighted by atomic mass is 10.2. The molecule has 1 heterocycles. The molecule has 1 aromatic rings. The maximum atomic E-state index is 6.07. The molecule has 0 bridgehead atoms. The fourth-order valence-electron chi connectivity index (χ4n) is 2.91. The van der Waals surface area contributed by atoms with Gasteiger partial charge in [-0.3, -0.25) is 4.90 Å². The van der Waals surface area contributed by atoms with E-state index in [1.54, 1.807) is 0 Å². The molecule has 21 heavy (non-hydrogen) atoms. The van der Waals surface area contributed by atoms with Gasteiger partial charge in [0.15, 0.2) is 0 Å². The summed E-state index contributed by atoms with van der Waals surface area (Å²) in [5.74, 6) is 0. The highest BCUT2D eigenvalue weighted by Crippen LogP contribution is 2.20. The van der Waals surface area contributed by atoms with Gasteiger partial charge >= 0.3 is 0 Å². The van der Waals surface area contributed by atoms with Gasteiger partial charge in [-0.05, 0) is 31.0 Å². The summed E-state index contributed by atoms with van der Waals surface area (Å²) in [6.07, 6.45) is 2.44. The third-order valence-electron chi connectivity index (χ3n) is 4.39. The zero-order valence-corrected chi connectivity index (χ0v) is 14.1. The summed E-state index contributed by atoms with van der Waals surface area (Å²) in [7, 11) is 0. The topological polar surface area (TPSA) is 18.5 Å². The number of hydrogen-bond acceptors (Lipinski definition) is 3. The average Bonchev–Trinajstić information content (AvgIpc) is 2.52. The first-order valence-corrected chi connectivity index (χ1v) is 8.57. The van der Waals surface area contributed by atoms with E-state index in [9.17, 15) is 0 Å². The molecule has 0 saturated carbocycles. The van der Waals surface area contributed by atoms with Crippen molar-refractivity contribution >= 4 is 17.3 Å². The lowest BCUT2D eigenvalue weighted by Crippen LogP contribution is -2.48. The zero-order valence-electron chi connectivity index (χ0n) is 13.3. The van der Waals surface area contributed by atoms with Gasteiger partial charge in [-0.2, -0.15) is 0 Å². The number of rotatable bonds is 7. The second-order valence-corrected chi connectivity index (χ2v) is 6.21. The van der Waals surface area contributed by atoms with Crippen molar-refractivity contribution in [1.29, 1.82) is 0 Å². The largest absolute Gasteiger partial charge is 0.369 e. The third-order valence-corrected chi connectivity index (χ3v) is 4.63. The van der Waals surface area contributed by atoms with Gasteiger partial charge in [-0.15, -0.1) is 0 Å². The minimum absolute atomic E-state index is 0.678. The maximum absolute atomic E-state index is 6.07. The van der Waals surface area contributed by atoms with E-state index in [1.165, 1.54) is 18.5 Å². The molecule has 3 nitrogen and oxygen atoms in total. The number of anilines is 1. The van der Waals surface area contributed by atoms with Gasteiger partial charge < -0.3 is 10.2 Å². The van der Waals surface area contributed by atoms with Crippen molar-refractivity contribution in [1.82, 2.24) is 10.2 Å². The lowest BCUT2D eigenvalue weighted by molar-refractivity contribution is 0.253.